The summed E-state index contributed by atoms with van der Waals surface area (Å²) in [6, 6.07) is 5.48. The van der Waals surface area contributed by atoms with Crippen LogP contribution in [0.3, 0.4) is 0 Å². The van der Waals surface area contributed by atoms with Crippen LogP contribution in [0.5, 0.6) is 17.2 Å². The molecule has 1 aromatic carbocycles. The molecule has 0 radical (unpaired) electrons. The molecule has 1 aromatic heterocycles. The minimum absolute atomic E-state index is 0.106. The third kappa shape index (κ3) is 5.78. The minimum Gasteiger partial charge on any atom is -0.486 e. The van der Waals surface area contributed by atoms with E-state index in [1.54, 1.807) is 6.07 Å². The summed E-state index contributed by atoms with van der Waals surface area (Å²) < 4.78 is 23.2. The van der Waals surface area contributed by atoms with Crippen LogP contribution in [0.15, 0.2) is 39.6 Å². The monoisotopic (exact) mass is 374 g/mol. The fourth-order valence-corrected chi connectivity index (χ4v) is 2.55. The number of rotatable bonds is 8. The van der Waals surface area contributed by atoms with Crippen LogP contribution in [0.2, 0.25) is 0 Å². The van der Waals surface area contributed by atoms with Gasteiger partial charge >= 0.3 is 5.63 Å². The van der Waals surface area contributed by atoms with E-state index in [1.165, 1.54) is 0 Å². The smallest absolute Gasteiger partial charge is 0.383 e. The van der Waals surface area contributed by atoms with Gasteiger partial charge in [0.25, 0.3) is 0 Å². The average Bonchev–Trinajstić information content (AvgIpc) is 2.56. The molecule has 0 N–H and O–H groups in total. The van der Waals surface area contributed by atoms with E-state index in [1.807, 2.05) is 52.8 Å². The molecule has 0 saturated heterocycles. The van der Waals surface area contributed by atoms with Gasteiger partial charge in [-0.3, -0.25) is 0 Å². The summed E-state index contributed by atoms with van der Waals surface area (Å²) >= 11 is 0. The van der Waals surface area contributed by atoms with Crippen LogP contribution in [0.4, 0.5) is 0 Å². The van der Waals surface area contributed by atoms with E-state index in [9.17, 15) is 4.79 Å². The van der Waals surface area contributed by atoms with E-state index in [-0.39, 0.29) is 11.9 Å². The lowest BCUT2D eigenvalue weighted by molar-refractivity contribution is 0.131. The first-order valence-corrected chi connectivity index (χ1v) is 9.46. The van der Waals surface area contributed by atoms with E-state index in [0.29, 0.717) is 35.5 Å². The highest BCUT2D eigenvalue weighted by atomic mass is 16.5. The summed E-state index contributed by atoms with van der Waals surface area (Å²) in [5.41, 5.74) is -0.624. The summed E-state index contributed by atoms with van der Waals surface area (Å²) in [4.78, 5) is 12.6. The van der Waals surface area contributed by atoms with Crippen LogP contribution in [0, 0.1) is 0 Å². The Morgan fingerprint density at radius 2 is 1.89 bits per heavy atom. The van der Waals surface area contributed by atoms with Crippen molar-refractivity contribution < 1.29 is 18.6 Å². The van der Waals surface area contributed by atoms with E-state index < -0.39 is 11.2 Å². The number of benzene rings is 1. The van der Waals surface area contributed by atoms with Crippen molar-refractivity contribution in [1.29, 1.82) is 0 Å². The second-order valence-corrected chi connectivity index (χ2v) is 7.58. The standard InChI is InChI=1S/C22H30O5/c1-7-8-9-10-14-24-20-19(25-15(2)3)16-12-11-13-17(27-22(4,5)6)18(16)26-21(20)23/h8-9,11-13,15H,7,10,14H2,1-6H3/b9-8+. The van der Waals surface area contributed by atoms with Crippen molar-refractivity contribution in [3.8, 4) is 17.2 Å². The molecule has 2 aromatic rings. The van der Waals surface area contributed by atoms with Crippen LogP contribution >= 0.6 is 0 Å². The van der Waals surface area contributed by atoms with Crippen LogP contribution in [0.25, 0.3) is 11.0 Å². The highest BCUT2D eigenvalue weighted by Crippen LogP contribution is 2.38. The van der Waals surface area contributed by atoms with Crippen molar-refractivity contribution in [2.75, 3.05) is 6.61 Å². The van der Waals surface area contributed by atoms with Gasteiger partial charge in [0.15, 0.2) is 17.1 Å². The van der Waals surface area contributed by atoms with Gasteiger partial charge < -0.3 is 18.6 Å². The Morgan fingerprint density at radius 1 is 1.15 bits per heavy atom. The third-order valence-corrected chi connectivity index (χ3v) is 3.51. The van der Waals surface area contributed by atoms with Gasteiger partial charge in [-0.1, -0.05) is 25.1 Å². The molecule has 0 amide bonds. The second-order valence-electron chi connectivity index (χ2n) is 7.58. The van der Waals surface area contributed by atoms with Gasteiger partial charge in [-0.2, -0.15) is 0 Å². The number of hydrogen-bond acceptors (Lipinski definition) is 5. The molecule has 0 aliphatic carbocycles. The number of para-hydroxylation sites is 1. The van der Waals surface area contributed by atoms with E-state index in [0.717, 1.165) is 6.42 Å². The van der Waals surface area contributed by atoms with Crippen LogP contribution in [-0.2, 0) is 0 Å². The quantitative estimate of drug-likeness (QED) is 0.347. The lowest BCUT2D eigenvalue weighted by atomic mass is 10.1. The topological polar surface area (TPSA) is 57.9 Å². The van der Waals surface area contributed by atoms with Crippen molar-refractivity contribution in [2.45, 2.75) is 66.1 Å². The Kier molecular flexibility index (Phi) is 6.94. The van der Waals surface area contributed by atoms with Crippen molar-refractivity contribution >= 4 is 11.0 Å². The molecule has 1 heterocycles. The van der Waals surface area contributed by atoms with Gasteiger partial charge in [0.05, 0.1) is 18.1 Å². The molecule has 0 saturated carbocycles. The molecule has 148 valence electrons. The Balaban J connectivity index is 2.51. The highest BCUT2D eigenvalue weighted by Gasteiger charge is 2.22. The molecular formula is C22H30O5. The van der Waals surface area contributed by atoms with Crippen molar-refractivity contribution in [1.82, 2.24) is 0 Å². The number of hydrogen-bond donors (Lipinski definition) is 0. The normalized spacial score (nSPS) is 12.1. The van der Waals surface area contributed by atoms with Crippen LogP contribution in [-0.4, -0.2) is 18.3 Å². The number of fused-ring (bicyclic) bond motifs is 1. The number of allylic oxidation sites excluding steroid dienone is 1. The third-order valence-electron chi connectivity index (χ3n) is 3.51. The molecule has 0 spiro atoms. The first-order chi connectivity index (χ1) is 12.7. The zero-order valence-corrected chi connectivity index (χ0v) is 17.1. The summed E-state index contributed by atoms with van der Waals surface area (Å²) in [6.07, 6.45) is 5.65. The van der Waals surface area contributed by atoms with Gasteiger partial charge in [0.1, 0.15) is 5.60 Å². The van der Waals surface area contributed by atoms with Crippen molar-refractivity contribution in [3.63, 3.8) is 0 Å². The molecule has 0 unspecified atom stereocenters. The zero-order valence-electron chi connectivity index (χ0n) is 17.1. The van der Waals surface area contributed by atoms with Crippen LogP contribution < -0.4 is 19.8 Å². The van der Waals surface area contributed by atoms with Crippen molar-refractivity contribution in [3.05, 3.63) is 40.8 Å². The fourth-order valence-electron chi connectivity index (χ4n) is 2.55. The van der Waals surface area contributed by atoms with E-state index in [2.05, 4.69) is 13.0 Å². The van der Waals surface area contributed by atoms with E-state index >= 15 is 0 Å². The summed E-state index contributed by atoms with van der Waals surface area (Å²) in [5.74, 6) is 1.01. The summed E-state index contributed by atoms with van der Waals surface area (Å²) in [5, 5.41) is 0.657. The maximum absolute atomic E-state index is 12.6. The van der Waals surface area contributed by atoms with Gasteiger partial charge in [0.2, 0.25) is 5.75 Å². The fraction of sp³-hybridized carbons (Fsp3) is 0.500. The SMILES string of the molecule is CC/C=C/CCOc1c(OC(C)C)c2cccc(OC(C)(C)C)c2oc1=O. The molecule has 0 bridgehead atoms. The lowest BCUT2D eigenvalue weighted by Crippen LogP contribution is -2.23. The van der Waals surface area contributed by atoms with Gasteiger partial charge in [0, 0.05) is 0 Å². The Labute approximate surface area is 160 Å². The molecule has 0 aliphatic heterocycles. The number of ether oxygens (including phenoxy) is 3. The molecule has 27 heavy (non-hydrogen) atoms. The predicted molar refractivity (Wildman–Crippen MR) is 108 cm³/mol. The molecule has 5 nitrogen and oxygen atoms in total. The van der Waals surface area contributed by atoms with Gasteiger partial charge in [-0.15, -0.1) is 0 Å². The summed E-state index contributed by atoms with van der Waals surface area (Å²) in [6.45, 7) is 12.1. The van der Waals surface area contributed by atoms with Crippen LogP contribution in [0.1, 0.15) is 54.4 Å². The van der Waals surface area contributed by atoms with Crippen molar-refractivity contribution in [2.24, 2.45) is 0 Å². The predicted octanol–water partition coefficient (Wildman–Crippen LogP) is 5.49. The minimum atomic E-state index is -0.567. The Bertz CT molecular complexity index is 840. The Hall–Kier alpha value is -2.43. The molecule has 0 aliphatic rings. The molecular weight excluding hydrogens is 344 g/mol. The zero-order chi connectivity index (χ0) is 20.0. The summed E-state index contributed by atoms with van der Waals surface area (Å²) in [7, 11) is 0. The maximum Gasteiger partial charge on any atom is 0.383 e. The lowest BCUT2D eigenvalue weighted by Gasteiger charge is -2.22. The largest absolute Gasteiger partial charge is 0.486 e. The molecule has 5 heteroatoms. The first-order valence-electron chi connectivity index (χ1n) is 9.46. The average molecular weight is 374 g/mol. The highest BCUT2D eigenvalue weighted by molar-refractivity contribution is 5.90. The second kappa shape index (κ2) is 8.98. The molecule has 0 atom stereocenters. The van der Waals surface area contributed by atoms with Gasteiger partial charge in [-0.05, 0) is 59.6 Å². The Morgan fingerprint density at radius 3 is 2.52 bits per heavy atom. The molecule has 2 rings (SSSR count). The molecule has 0 fully saturated rings. The van der Waals surface area contributed by atoms with E-state index in [4.69, 9.17) is 18.6 Å². The van der Waals surface area contributed by atoms with Gasteiger partial charge in [-0.25, -0.2) is 4.79 Å². The first kappa shape index (κ1) is 20.9. The maximum atomic E-state index is 12.6.